The number of sulfone groups is 1. The highest BCUT2D eigenvalue weighted by molar-refractivity contribution is 7.90. The summed E-state index contributed by atoms with van der Waals surface area (Å²) in [5, 5.41) is -0.290. The number of nitrogens with zero attached hydrogens (tertiary/aromatic N) is 5. The van der Waals surface area contributed by atoms with E-state index in [9.17, 15) is 22.4 Å². The van der Waals surface area contributed by atoms with E-state index in [0.29, 0.717) is 43.7 Å². The molecule has 0 bridgehead atoms. The van der Waals surface area contributed by atoms with Crippen molar-refractivity contribution in [1.29, 1.82) is 0 Å². The van der Waals surface area contributed by atoms with Crippen LogP contribution in [0.25, 0.3) is 11.1 Å². The lowest BCUT2D eigenvalue weighted by atomic mass is 10.0. The van der Waals surface area contributed by atoms with Crippen LogP contribution >= 0.6 is 0 Å². The first-order valence-electron chi connectivity index (χ1n) is 11.3. The van der Waals surface area contributed by atoms with E-state index in [1.807, 2.05) is 6.92 Å². The number of aromatic nitrogens is 2. The molecule has 9 nitrogen and oxygen atoms in total. The fourth-order valence-electron chi connectivity index (χ4n) is 4.49. The summed E-state index contributed by atoms with van der Waals surface area (Å²) in [7, 11) is -3.55. The maximum absolute atomic E-state index is 14.1. The normalized spacial score (nSPS) is 19.4. The van der Waals surface area contributed by atoms with Gasteiger partial charge in [0, 0.05) is 74.1 Å². The summed E-state index contributed by atoms with van der Waals surface area (Å²) in [6.45, 7) is 4.22. The molecule has 1 aromatic heterocycles. The first-order chi connectivity index (χ1) is 16.1. The first kappa shape index (κ1) is 24.1. The SMILES string of the molecule is CC1CN(c2ccc(F)cc2-c2cnc(S(C)(=O)=O)nc2)CCN1C(=O)CN1CCCCC1=O. The van der Waals surface area contributed by atoms with Crippen LogP contribution in [0.1, 0.15) is 26.2 Å². The van der Waals surface area contributed by atoms with Gasteiger partial charge in [-0.25, -0.2) is 22.8 Å². The van der Waals surface area contributed by atoms with Gasteiger partial charge in [0.05, 0.1) is 6.54 Å². The Labute approximate surface area is 198 Å². The monoisotopic (exact) mass is 489 g/mol. The summed E-state index contributed by atoms with van der Waals surface area (Å²) >= 11 is 0. The molecular weight excluding hydrogens is 461 g/mol. The molecule has 0 spiro atoms. The second-order valence-corrected chi connectivity index (χ2v) is 10.8. The van der Waals surface area contributed by atoms with E-state index < -0.39 is 15.7 Å². The number of piperazine rings is 1. The van der Waals surface area contributed by atoms with E-state index in [2.05, 4.69) is 14.9 Å². The van der Waals surface area contributed by atoms with Gasteiger partial charge in [-0.1, -0.05) is 0 Å². The highest BCUT2D eigenvalue weighted by Crippen LogP contribution is 2.32. The van der Waals surface area contributed by atoms with Gasteiger partial charge in [0.15, 0.2) is 0 Å². The molecule has 0 N–H and O–H groups in total. The molecule has 2 saturated heterocycles. The molecule has 2 amide bonds. The van der Waals surface area contributed by atoms with Crippen LogP contribution in [0.2, 0.25) is 0 Å². The quantitative estimate of drug-likeness (QED) is 0.589. The van der Waals surface area contributed by atoms with Crippen LogP contribution in [0.5, 0.6) is 0 Å². The number of benzene rings is 1. The molecule has 0 aliphatic carbocycles. The molecule has 0 saturated carbocycles. The standard InChI is InChI=1S/C23H28FN5O4S/c1-16-14-27(9-10-29(16)22(31)15-28-8-4-3-5-21(28)30)20-7-6-18(24)11-19(20)17-12-25-23(26-13-17)34(2,32)33/h6-7,11-13,16H,3-5,8-10,14-15H2,1-2H3. The number of carbonyl (C=O) groups is 2. The Bertz CT molecular complexity index is 1190. The third kappa shape index (κ3) is 5.19. The molecule has 2 aliphatic rings. The van der Waals surface area contributed by atoms with Crippen LogP contribution < -0.4 is 4.90 Å². The smallest absolute Gasteiger partial charge is 0.246 e. The van der Waals surface area contributed by atoms with Gasteiger partial charge in [-0.05, 0) is 38.0 Å². The van der Waals surface area contributed by atoms with Crippen molar-refractivity contribution in [2.24, 2.45) is 0 Å². The van der Waals surface area contributed by atoms with E-state index in [1.165, 1.54) is 24.5 Å². The fourth-order valence-corrected chi connectivity index (χ4v) is 4.98. The van der Waals surface area contributed by atoms with Crippen LogP contribution in [0.15, 0.2) is 35.7 Å². The highest BCUT2D eigenvalue weighted by Gasteiger charge is 2.31. The average molecular weight is 490 g/mol. The van der Waals surface area contributed by atoms with Gasteiger partial charge in [-0.15, -0.1) is 0 Å². The Morgan fingerprint density at radius 2 is 1.88 bits per heavy atom. The van der Waals surface area contributed by atoms with Crippen molar-refractivity contribution in [2.75, 3.05) is 43.9 Å². The number of anilines is 1. The molecule has 1 unspecified atom stereocenters. The molecule has 2 aromatic rings. The summed E-state index contributed by atoms with van der Waals surface area (Å²) in [5.74, 6) is -0.462. The van der Waals surface area contributed by atoms with E-state index in [0.717, 1.165) is 24.8 Å². The minimum atomic E-state index is -3.55. The van der Waals surface area contributed by atoms with Crippen molar-refractivity contribution in [1.82, 2.24) is 19.8 Å². The second-order valence-electron chi connectivity index (χ2n) is 8.84. The highest BCUT2D eigenvalue weighted by atomic mass is 32.2. The summed E-state index contributed by atoms with van der Waals surface area (Å²) < 4.78 is 37.5. The van der Waals surface area contributed by atoms with Crippen molar-refractivity contribution in [2.45, 2.75) is 37.4 Å². The summed E-state index contributed by atoms with van der Waals surface area (Å²) in [6.07, 6.45) is 6.07. The number of hydrogen-bond acceptors (Lipinski definition) is 7. The van der Waals surface area contributed by atoms with Crippen LogP contribution in [0.4, 0.5) is 10.1 Å². The van der Waals surface area contributed by atoms with Crippen molar-refractivity contribution >= 4 is 27.3 Å². The van der Waals surface area contributed by atoms with Gasteiger partial charge in [-0.3, -0.25) is 9.59 Å². The van der Waals surface area contributed by atoms with E-state index >= 15 is 0 Å². The third-order valence-corrected chi connectivity index (χ3v) is 7.14. The van der Waals surface area contributed by atoms with Gasteiger partial charge in [0.2, 0.25) is 26.8 Å². The summed E-state index contributed by atoms with van der Waals surface area (Å²) in [4.78, 5) is 38.4. The van der Waals surface area contributed by atoms with Crippen molar-refractivity contribution in [3.05, 3.63) is 36.4 Å². The Morgan fingerprint density at radius 1 is 1.15 bits per heavy atom. The Kier molecular flexibility index (Phi) is 6.83. The van der Waals surface area contributed by atoms with Gasteiger partial charge in [0.1, 0.15) is 5.82 Å². The van der Waals surface area contributed by atoms with Crippen LogP contribution in [-0.2, 0) is 19.4 Å². The lowest BCUT2D eigenvalue weighted by molar-refractivity contribution is -0.143. The van der Waals surface area contributed by atoms with E-state index in [-0.39, 0.29) is 29.6 Å². The maximum atomic E-state index is 14.1. The zero-order valence-electron chi connectivity index (χ0n) is 19.3. The van der Waals surface area contributed by atoms with Gasteiger partial charge < -0.3 is 14.7 Å². The van der Waals surface area contributed by atoms with Gasteiger partial charge in [-0.2, -0.15) is 0 Å². The molecule has 0 radical (unpaired) electrons. The second kappa shape index (κ2) is 9.65. The molecule has 3 heterocycles. The van der Waals surface area contributed by atoms with Gasteiger partial charge >= 0.3 is 0 Å². The Hall–Kier alpha value is -3.08. The lowest BCUT2D eigenvalue weighted by Gasteiger charge is -2.42. The number of carbonyl (C=O) groups excluding carboxylic acids is 2. The predicted molar refractivity (Wildman–Crippen MR) is 124 cm³/mol. The Balaban J connectivity index is 1.51. The molecule has 1 aromatic carbocycles. The van der Waals surface area contributed by atoms with Crippen LogP contribution in [0.3, 0.4) is 0 Å². The first-order valence-corrected chi connectivity index (χ1v) is 13.2. The Morgan fingerprint density at radius 3 is 2.53 bits per heavy atom. The van der Waals surface area contributed by atoms with E-state index in [1.54, 1.807) is 15.9 Å². The minimum Gasteiger partial charge on any atom is -0.367 e. The third-order valence-electron chi connectivity index (χ3n) is 6.27. The number of amides is 2. The molecule has 2 fully saturated rings. The summed E-state index contributed by atoms with van der Waals surface area (Å²) in [5.41, 5.74) is 1.80. The van der Waals surface area contributed by atoms with Crippen LogP contribution in [-0.4, -0.2) is 85.0 Å². The number of halogens is 1. The fraction of sp³-hybridized carbons (Fsp3) is 0.478. The summed E-state index contributed by atoms with van der Waals surface area (Å²) in [6, 6.07) is 4.31. The predicted octanol–water partition coefficient (Wildman–Crippen LogP) is 1.74. The number of piperidine rings is 1. The van der Waals surface area contributed by atoms with Crippen LogP contribution in [0, 0.1) is 5.82 Å². The molecule has 1 atom stereocenters. The largest absolute Gasteiger partial charge is 0.367 e. The minimum absolute atomic E-state index is 0.0333. The molecular formula is C23H28FN5O4S. The average Bonchev–Trinajstić information content (AvgIpc) is 2.80. The molecule has 4 rings (SSSR count). The van der Waals surface area contributed by atoms with Crippen molar-refractivity contribution < 1.29 is 22.4 Å². The van der Waals surface area contributed by atoms with Gasteiger partial charge in [0.25, 0.3) is 0 Å². The molecule has 182 valence electrons. The topological polar surface area (TPSA) is 104 Å². The number of hydrogen-bond donors (Lipinski definition) is 0. The lowest BCUT2D eigenvalue weighted by Crippen LogP contribution is -2.56. The molecule has 34 heavy (non-hydrogen) atoms. The zero-order valence-corrected chi connectivity index (χ0v) is 20.1. The maximum Gasteiger partial charge on any atom is 0.246 e. The van der Waals surface area contributed by atoms with Crippen molar-refractivity contribution in [3.63, 3.8) is 0 Å². The number of likely N-dealkylation sites (tertiary alicyclic amines) is 1. The molecule has 2 aliphatic heterocycles. The van der Waals surface area contributed by atoms with E-state index in [4.69, 9.17) is 0 Å². The molecule has 11 heteroatoms. The van der Waals surface area contributed by atoms with Crippen molar-refractivity contribution in [3.8, 4) is 11.1 Å². The number of rotatable bonds is 5. The zero-order chi connectivity index (χ0) is 24.5.